The fourth-order valence-electron chi connectivity index (χ4n) is 1.91. The third-order valence-corrected chi connectivity index (χ3v) is 2.73. The van der Waals surface area contributed by atoms with E-state index in [0.717, 1.165) is 6.07 Å². The summed E-state index contributed by atoms with van der Waals surface area (Å²) in [5.41, 5.74) is -0.330. The number of carbonyl (C=O) groups excluding carboxylic acids is 1. The molecule has 5 nitrogen and oxygen atoms in total. The van der Waals surface area contributed by atoms with Crippen molar-refractivity contribution in [3.8, 4) is 11.8 Å². The van der Waals surface area contributed by atoms with Crippen LogP contribution in [-0.4, -0.2) is 18.1 Å². The maximum Gasteiger partial charge on any atom is 0.573 e. The molecule has 0 aliphatic heterocycles. The van der Waals surface area contributed by atoms with Crippen LogP contribution in [0.15, 0.2) is 24.3 Å². The molecule has 0 bridgehead atoms. The number of alkyl halides is 3. The first kappa shape index (κ1) is 19.6. The van der Waals surface area contributed by atoms with Gasteiger partial charge in [0.2, 0.25) is 0 Å². The van der Waals surface area contributed by atoms with E-state index < -0.39 is 29.8 Å². The van der Waals surface area contributed by atoms with E-state index in [1.165, 1.54) is 12.1 Å². The van der Waals surface area contributed by atoms with Gasteiger partial charge in [-0.3, -0.25) is 0 Å². The number of hydrogen-bond acceptors (Lipinski definition) is 4. The minimum atomic E-state index is -4.81. The van der Waals surface area contributed by atoms with Gasteiger partial charge in [-0.2, -0.15) is 5.26 Å². The standard InChI is InChI=1S/C16H19F3N2O3/c1-15(2,3)24-14(22)21-13(8-5-9-20)11-6-4-7-12(10-11)23-16(17,18)19/h4,6-7,10,13H,5,8H2,1-3H3,(H,21,22)/t13-/m0/s1. The van der Waals surface area contributed by atoms with Crippen LogP contribution in [0, 0.1) is 11.3 Å². The number of alkyl carbamates (subject to hydrolysis) is 1. The molecule has 8 heteroatoms. The average Bonchev–Trinajstić information content (AvgIpc) is 2.39. The van der Waals surface area contributed by atoms with Crippen molar-refractivity contribution in [2.45, 2.75) is 51.6 Å². The lowest BCUT2D eigenvalue weighted by molar-refractivity contribution is -0.274. The SMILES string of the molecule is CC(C)(C)OC(=O)N[C@@H](CCC#N)c1cccc(OC(F)(F)F)c1. The Balaban J connectivity index is 2.93. The van der Waals surface area contributed by atoms with E-state index in [4.69, 9.17) is 10.00 Å². The molecule has 0 aromatic heterocycles. The third kappa shape index (κ3) is 7.72. The van der Waals surface area contributed by atoms with E-state index in [2.05, 4.69) is 10.1 Å². The molecule has 0 spiro atoms. The van der Waals surface area contributed by atoms with E-state index in [0.29, 0.717) is 5.56 Å². The van der Waals surface area contributed by atoms with Gasteiger partial charge in [-0.1, -0.05) is 12.1 Å². The van der Waals surface area contributed by atoms with Gasteiger partial charge in [-0.15, -0.1) is 13.2 Å². The van der Waals surface area contributed by atoms with Crippen molar-refractivity contribution in [1.29, 1.82) is 5.26 Å². The normalized spacial score (nSPS) is 12.9. The van der Waals surface area contributed by atoms with Gasteiger partial charge in [-0.25, -0.2) is 4.79 Å². The topological polar surface area (TPSA) is 71.3 Å². The van der Waals surface area contributed by atoms with Gasteiger partial charge in [0.05, 0.1) is 12.1 Å². The van der Waals surface area contributed by atoms with Crippen LogP contribution in [0.3, 0.4) is 0 Å². The number of amides is 1. The van der Waals surface area contributed by atoms with E-state index in [-0.39, 0.29) is 12.8 Å². The quantitative estimate of drug-likeness (QED) is 0.856. The average molecular weight is 344 g/mol. The minimum absolute atomic E-state index is 0.116. The Morgan fingerprint density at radius 1 is 1.33 bits per heavy atom. The predicted molar refractivity (Wildman–Crippen MR) is 80.1 cm³/mol. The number of benzene rings is 1. The first-order chi connectivity index (χ1) is 11.0. The number of ether oxygens (including phenoxy) is 2. The summed E-state index contributed by atoms with van der Waals surface area (Å²) >= 11 is 0. The molecule has 0 heterocycles. The molecule has 1 amide bonds. The Labute approximate surface area is 138 Å². The van der Waals surface area contributed by atoms with Crippen molar-refractivity contribution < 1.29 is 27.4 Å². The zero-order chi connectivity index (χ0) is 18.4. The Morgan fingerprint density at radius 2 is 2.00 bits per heavy atom. The van der Waals surface area contributed by atoms with Crippen LogP contribution in [-0.2, 0) is 4.74 Å². The first-order valence-electron chi connectivity index (χ1n) is 7.22. The van der Waals surface area contributed by atoms with Crippen molar-refractivity contribution in [1.82, 2.24) is 5.32 Å². The second-order valence-corrected chi connectivity index (χ2v) is 6.02. The Bertz CT molecular complexity index is 604. The van der Waals surface area contributed by atoms with Crippen LogP contribution < -0.4 is 10.1 Å². The molecule has 1 atom stereocenters. The molecule has 0 aliphatic rings. The highest BCUT2D eigenvalue weighted by atomic mass is 19.4. The highest BCUT2D eigenvalue weighted by Crippen LogP contribution is 2.27. The van der Waals surface area contributed by atoms with Crippen molar-refractivity contribution >= 4 is 6.09 Å². The molecule has 1 N–H and O–H groups in total. The van der Waals surface area contributed by atoms with Crippen molar-refractivity contribution in [2.75, 3.05) is 0 Å². The molecule has 0 unspecified atom stereocenters. The summed E-state index contributed by atoms with van der Waals surface area (Å²) in [6.45, 7) is 5.07. The monoisotopic (exact) mass is 344 g/mol. The molecule has 0 saturated heterocycles. The highest BCUT2D eigenvalue weighted by molar-refractivity contribution is 5.68. The van der Waals surface area contributed by atoms with Crippen LogP contribution in [0.2, 0.25) is 0 Å². The zero-order valence-corrected chi connectivity index (χ0v) is 13.6. The van der Waals surface area contributed by atoms with Crippen molar-refractivity contribution in [3.63, 3.8) is 0 Å². The molecule has 0 fully saturated rings. The Kier molecular flexibility index (Phi) is 6.46. The summed E-state index contributed by atoms with van der Waals surface area (Å²) in [5.74, 6) is -0.395. The summed E-state index contributed by atoms with van der Waals surface area (Å²) in [6, 6.07) is 6.53. The number of hydrogen-bond donors (Lipinski definition) is 1. The van der Waals surface area contributed by atoms with Crippen molar-refractivity contribution in [3.05, 3.63) is 29.8 Å². The minimum Gasteiger partial charge on any atom is -0.444 e. The number of nitrogens with zero attached hydrogens (tertiary/aromatic N) is 1. The summed E-state index contributed by atoms with van der Waals surface area (Å²) in [6.07, 6.45) is -5.18. The molecule has 1 aromatic rings. The number of nitriles is 1. The number of nitrogens with one attached hydrogen (secondary N) is 1. The van der Waals surface area contributed by atoms with Crippen LogP contribution in [0.4, 0.5) is 18.0 Å². The summed E-state index contributed by atoms with van der Waals surface area (Å²) < 4.78 is 46.0. The molecule has 0 saturated carbocycles. The lowest BCUT2D eigenvalue weighted by Crippen LogP contribution is -2.35. The zero-order valence-electron chi connectivity index (χ0n) is 13.6. The molecule has 1 rings (SSSR count). The fraction of sp³-hybridized carbons (Fsp3) is 0.500. The second kappa shape index (κ2) is 7.90. The van der Waals surface area contributed by atoms with Gasteiger partial charge in [0, 0.05) is 6.42 Å². The second-order valence-electron chi connectivity index (χ2n) is 6.02. The predicted octanol–water partition coefficient (Wildman–Crippen LogP) is 4.45. The first-order valence-corrected chi connectivity index (χ1v) is 7.22. The molecule has 0 radical (unpaired) electrons. The van der Waals surface area contributed by atoms with Crippen LogP contribution in [0.1, 0.15) is 45.2 Å². The Morgan fingerprint density at radius 3 is 2.54 bits per heavy atom. The smallest absolute Gasteiger partial charge is 0.444 e. The maximum atomic E-state index is 12.3. The van der Waals surface area contributed by atoms with Gasteiger partial charge >= 0.3 is 12.5 Å². The number of rotatable bonds is 5. The summed E-state index contributed by atoms with van der Waals surface area (Å²) in [5, 5.41) is 11.3. The van der Waals surface area contributed by atoms with Gasteiger partial charge in [0.1, 0.15) is 11.4 Å². The molecule has 1 aromatic carbocycles. The lowest BCUT2D eigenvalue weighted by atomic mass is 10.0. The van der Waals surface area contributed by atoms with Crippen molar-refractivity contribution in [2.24, 2.45) is 0 Å². The number of carbonyl (C=O) groups is 1. The van der Waals surface area contributed by atoms with E-state index in [1.807, 2.05) is 6.07 Å². The Hall–Kier alpha value is -2.43. The van der Waals surface area contributed by atoms with E-state index >= 15 is 0 Å². The molecule has 24 heavy (non-hydrogen) atoms. The van der Waals surface area contributed by atoms with Crippen LogP contribution >= 0.6 is 0 Å². The fourth-order valence-corrected chi connectivity index (χ4v) is 1.91. The molecular weight excluding hydrogens is 325 g/mol. The highest BCUT2D eigenvalue weighted by Gasteiger charge is 2.31. The van der Waals surface area contributed by atoms with Crippen LogP contribution in [0.25, 0.3) is 0 Å². The summed E-state index contributed by atoms with van der Waals surface area (Å²) in [4.78, 5) is 11.9. The van der Waals surface area contributed by atoms with E-state index in [1.54, 1.807) is 26.8 Å². The van der Waals surface area contributed by atoms with Gasteiger partial charge in [-0.05, 0) is 44.9 Å². The van der Waals surface area contributed by atoms with Crippen LogP contribution in [0.5, 0.6) is 5.75 Å². The van der Waals surface area contributed by atoms with Gasteiger partial charge in [0.15, 0.2) is 0 Å². The third-order valence-electron chi connectivity index (χ3n) is 2.73. The van der Waals surface area contributed by atoms with Gasteiger partial charge in [0.25, 0.3) is 0 Å². The lowest BCUT2D eigenvalue weighted by Gasteiger charge is -2.24. The number of halogens is 3. The largest absolute Gasteiger partial charge is 0.573 e. The van der Waals surface area contributed by atoms with Gasteiger partial charge < -0.3 is 14.8 Å². The maximum absolute atomic E-state index is 12.3. The summed E-state index contributed by atoms with van der Waals surface area (Å²) in [7, 11) is 0. The van der Waals surface area contributed by atoms with E-state index in [9.17, 15) is 18.0 Å². The molecular formula is C16H19F3N2O3. The molecule has 132 valence electrons. The molecule has 0 aliphatic carbocycles.